The van der Waals surface area contributed by atoms with Crippen molar-refractivity contribution in [3.05, 3.63) is 94.9 Å². The largest absolute Gasteiger partial charge is 0.480 e. The van der Waals surface area contributed by atoms with Gasteiger partial charge in [-0.25, -0.2) is 9.59 Å². The normalized spacial score (nSPS) is 10.6. The SMILES string of the molecule is CC(=O)N(Cc1cccc(-c2sc(C(=O)O)c(OCC(=O)O)c2C)c1)c1ccc(-c2ccccc2)cc1. The summed E-state index contributed by atoms with van der Waals surface area (Å²) in [5.74, 6) is -2.42. The van der Waals surface area contributed by atoms with Gasteiger partial charge in [0.15, 0.2) is 11.5 Å². The van der Waals surface area contributed by atoms with E-state index in [1.807, 2.05) is 78.9 Å². The molecule has 0 bridgehead atoms. The van der Waals surface area contributed by atoms with Crippen LogP contribution in [0.4, 0.5) is 5.69 Å². The van der Waals surface area contributed by atoms with E-state index in [-0.39, 0.29) is 16.5 Å². The highest BCUT2D eigenvalue weighted by Crippen LogP contribution is 2.41. The summed E-state index contributed by atoms with van der Waals surface area (Å²) in [6, 6.07) is 25.3. The lowest BCUT2D eigenvalue weighted by Gasteiger charge is -2.22. The van der Waals surface area contributed by atoms with E-state index in [9.17, 15) is 19.5 Å². The Labute approximate surface area is 218 Å². The van der Waals surface area contributed by atoms with Crippen LogP contribution >= 0.6 is 11.3 Å². The minimum Gasteiger partial charge on any atom is -0.480 e. The summed E-state index contributed by atoms with van der Waals surface area (Å²) >= 11 is 1.03. The number of carbonyl (C=O) groups is 3. The number of nitrogens with zero attached hydrogens (tertiary/aromatic N) is 1. The van der Waals surface area contributed by atoms with E-state index in [2.05, 4.69) is 0 Å². The summed E-state index contributed by atoms with van der Waals surface area (Å²) in [6.07, 6.45) is 0. The third-order valence-corrected chi connectivity index (χ3v) is 7.13. The van der Waals surface area contributed by atoms with Crippen molar-refractivity contribution in [1.82, 2.24) is 0 Å². The van der Waals surface area contributed by atoms with Crippen molar-refractivity contribution in [1.29, 1.82) is 0 Å². The lowest BCUT2D eigenvalue weighted by Crippen LogP contribution is -2.27. The number of carboxylic acid groups (broad SMARTS) is 2. The molecule has 0 saturated heterocycles. The molecule has 1 amide bonds. The summed E-state index contributed by atoms with van der Waals surface area (Å²) in [5.41, 5.74) is 5.09. The summed E-state index contributed by atoms with van der Waals surface area (Å²) in [7, 11) is 0. The van der Waals surface area contributed by atoms with Gasteiger partial charge in [0.05, 0.1) is 6.54 Å². The van der Waals surface area contributed by atoms with Crippen LogP contribution in [-0.2, 0) is 16.1 Å². The number of aliphatic carboxylic acids is 1. The average molecular weight is 516 g/mol. The molecule has 37 heavy (non-hydrogen) atoms. The molecule has 4 rings (SSSR count). The topological polar surface area (TPSA) is 104 Å². The molecule has 0 aliphatic rings. The van der Waals surface area contributed by atoms with Gasteiger partial charge in [0.25, 0.3) is 0 Å². The minimum absolute atomic E-state index is 0.0528. The monoisotopic (exact) mass is 515 g/mol. The Hall–Kier alpha value is -4.43. The van der Waals surface area contributed by atoms with Gasteiger partial charge in [0.2, 0.25) is 5.91 Å². The summed E-state index contributed by atoms with van der Waals surface area (Å²) < 4.78 is 5.30. The lowest BCUT2D eigenvalue weighted by atomic mass is 10.0. The van der Waals surface area contributed by atoms with Gasteiger partial charge in [0.1, 0.15) is 5.75 Å². The minimum atomic E-state index is -1.19. The van der Waals surface area contributed by atoms with Gasteiger partial charge < -0.3 is 19.8 Å². The predicted molar refractivity (Wildman–Crippen MR) is 143 cm³/mol. The van der Waals surface area contributed by atoms with Crippen LogP contribution in [0.5, 0.6) is 5.75 Å². The highest BCUT2D eigenvalue weighted by atomic mass is 32.1. The summed E-state index contributed by atoms with van der Waals surface area (Å²) in [5, 5.41) is 18.6. The van der Waals surface area contributed by atoms with Crippen LogP contribution in [0.2, 0.25) is 0 Å². The lowest BCUT2D eigenvalue weighted by molar-refractivity contribution is -0.139. The van der Waals surface area contributed by atoms with Crippen molar-refractivity contribution in [3.63, 3.8) is 0 Å². The van der Waals surface area contributed by atoms with E-state index >= 15 is 0 Å². The van der Waals surface area contributed by atoms with Crippen LogP contribution in [0.3, 0.4) is 0 Å². The maximum absolute atomic E-state index is 12.6. The Balaban J connectivity index is 1.62. The number of thiophene rings is 1. The van der Waals surface area contributed by atoms with E-state index in [4.69, 9.17) is 9.84 Å². The van der Waals surface area contributed by atoms with Crippen molar-refractivity contribution in [2.45, 2.75) is 20.4 Å². The molecular weight excluding hydrogens is 490 g/mol. The fourth-order valence-corrected chi connectivity index (χ4v) is 5.15. The molecule has 0 saturated carbocycles. The second-order valence-corrected chi connectivity index (χ2v) is 9.44. The fraction of sp³-hybridized carbons (Fsp3) is 0.138. The van der Waals surface area contributed by atoms with Crippen molar-refractivity contribution >= 4 is 34.9 Å². The Morgan fingerprint density at radius 3 is 2.14 bits per heavy atom. The van der Waals surface area contributed by atoms with Crippen molar-refractivity contribution < 1.29 is 29.3 Å². The Morgan fingerprint density at radius 1 is 0.865 bits per heavy atom. The number of carboxylic acids is 2. The number of anilines is 1. The van der Waals surface area contributed by atoms with Crippen LogP contribution in [0.1, 0.15) is 27.7 Å². The second-order valence-electron chi connectivity index (χ2n) is 8.42. The van der Waals surface area contributed by atoms with E-state index in [0.717, 1.165) is 39.3 Å². The average Bonchev–Trinajstić information content (AvgIpc) is 3.23. The van der Waals surface area contributed by atoms with Gasteiger partial charge >= 0.3 is 11.9 Å². The standard InChI is InChI=1S/C29H25NO6S/c1-18-26(36-17-25(32)33)28(29(34)35)37-27(18)23-10-6-7-20(15-23)16-30(19(2)31)24-13-11-22(12-14-24)21-8-4-3-5-9-21/h3-15H,16-17H2,1-2H3,(H,32,33)(H,34,35). The molecule has 0 aliphatic carbocycles. The van der Waals surface area contributed by atoms with Gasteiger partial charge in [-0.15, -0.1) is 11.3 Å². The molecule has 0 aliphatic heterocycles. The quantitative estimate of drug-likeness (QED) is 0.279. The van der Waals surface area contributed by atoms with Gasteiger partial charge in [0, 0.05) is 23.1 Å². The first-order valence-corrected chi connectivity index (χ1v) is 12.3. The zero-order valence-corrected chi connectivity index (χ0v) is 21.1. The Bertz CT molecular complexity index is 1440. The molecule has 0 radical (unpaired) electrons. The van der Waals surface area contributed by atoms with E-state index in [1.165, 1.54) is 6.92 Å². The van der Waals surface area contributed by atoms with Crippen molar-refractivity contribution in [3.8, 4) is 27.3 Å². The second kappa shape index (κ2) is 11.1. The number of hydrogen-bond acceptors (Lipinski definition) is 5. The van der Waals surface area contributed by atoms with Crippen LogP contribution in [0.25, 0.3) is 21.6 Å². The van der Waals surface area contributed by atoms with E-state index in [0.29, 0.717) is 17.0 Å². The zero-order valence-electron chi connectivity index (χ0n) is 20.3. The third kappa shape index (κ3) is 5.87. The number of aromatic carboxylic acids is 1. The Kier molecular flexibility index (Phi) is 7.69. The number of rotatable bonds is 9. The molecule has 8 heteroatoms. The van der Waals surface area contributed by atoms with Crippen LogP contribution in [0.15, 0.2) is 78.9 Å². The molecule has 0 atom stereocenters. The number of carbonyl (C=O) groups excluding carboxylic acids is 1. The first-order chi connectivity index (χ1) is 17.7. The van der Waals surface area contributed by atoms with Gasteiger partial charge in [-0.05, 0) is 47.4 Å². The highest BCUT2D eigenvalue weighted by molar-refractivity contribution is 7.18. The highest BCUT2D eigenvalue weighted by Gasteiger charge is 2.23. The molecule has 188 valence electrons. The van der Waals surface area contributed by atoms with Crippen molar-refractivity contribution in [2.24, 2.45) is 0 Å². The molecule has 0 fully saturated rings. The van der Waals surface area contributed by atoms with Crippen LogP contribution < -0.4 is 9.64 Å². The zero-order chi connectivity index (χ0) is 26.5. The smallest absolute Gasteiger partial charge is 0.349 e. The van der Waals surface area contributed by atoms with E-state index in [1.54, 1.807) is 11.8 Å². The Morgan fingerprint density at radius 2 is 1.51 bits per heavy atom. The number of hydrogen-bond donors (Lipinski definition) is 2. The van der Waals surface area contributed by atoms with Gasteiger partial charge in [-0.2, -0.15) is 0 Å². The molecular formula is C29H25NO6S. The molecule has 0 spiro atoms. The van der Waals surface area contributed by atoms with Crippen LogP contribution in [-0.4, -0.2) is 34.7 Å². The van der Waals surface area contributed by atoms with Gasteiger partial charge in [-0.3, -0.25) is 4.79 Å². The number of amides is 1. The van der Waals surface area contributed by atoms with Gasteiger partial charge in [-0.1, -0.05) is 60.7 Å². The first kappa shape index (κ1) is 25.7. The predicted octanol–water partition coefficient (Wildman–Crippen LogP) is 6.11. The molecule has 0 unspecified atom stereocenters. The molecule has 1 heterocycles. The number of benzene rings is 3. The molecule has 3 aromatic carbocycles. The first-order valence-electron chi connectivity index (χ1n) is 11.5. The third-order valence-electron chi connectivity index (χ3n) is 5.82. The molecule has 7 nitrogen and oxygen atoms in total. The fourth-order valence-electron chi connectivity index (χ4n) is 4.06. The summed E-state index contributed by atoms with van der Waals surface area (Å²) in [4.78, 5) is 37.6. The number of ether oxygens (including phenoxy) is 1. The maximum Gasteiger partial charge on any atom is 0.349 e. The maximum atomic E-state index is 12.6. The summed E-state index contributed by atoms with van der Waals surface area (Å²) in [6.45, 7) is 2.92. The van der Waals surface area contributed by atoms with E-state index < -0.39 is 18.5 Å². The van der Waals surface area contributed by atoms with Crippen LogP contribution in [0, 0.1) is 6.92 Å². The molecule has 2 N–H and O–H groups in total. The molecule has 1 aromatic heterocycles. The van der Waals surface area contributed by atoms with Crippen molar-refractivity contribution in [2.75, 3.05) is 11.5 Å². The molecule has 4 aromatic rings.